The number of hydrogen-bond donors (Lipinski definition) is 3. The number of carbonyl (C=O) groups is 2. The second kappa shape index (κ2) is 11.3. The van der Waals surface area contributed by atoms with Gasteiger partial charge in [0.2, 0.25) is 0 Å². The van der Waals surface area contributed by atoms with Crippen LogP contribution in [0.2, 0.25) is 0 Å². The van der Waals surface area contributed by atoms with Crippen molar-refractivity contribution in [2.24, 2.45) is 12.1 Å². The molecule has 1 aliphatic rings. The lowest BCUT2D eigenvalue weighted by atomic mass is 9.95. The van der Waals surface area contributed by atoms with Crippen molar-refractivity contribution in [3.8, 4) is 5.75 Å². The molecule has 0 bridgehead atoms. The number of esters is 1. The molecule has 0 saturated carbocycles. The van der Waals surface area contributed by atoms with Crippen molar-refractivity contribution in [1.29, 1.82) is 0 Å². The van der Waals surface area contributed by atoms with Gasteiger partial charge >= 0.3 is 5.97 Å². The predicted molar refractivity (Wildman–Crippen MR) is 146 cm³/mol. The van der Waals surface area contributed by atoms with Gasteiger partial charge in [0.25, 0.3) is 5.91 Å². The third-order valence-electron chi connectivity index (χ3n) is 6.18. The number of aryl methyl sites for hydroxylation is 1. The van der Waals surface area contributed by atoms with E-state index in [1.54, 1.807) is 32.2 Å². The van der Waals surface area contributed by atoms with Crippen molar-refractivity contribution < 1.29 is 19.1 Å². The Morgan fingerprint density at radius 3 is 2.68 bits per heavy atom. The molecule has 0 spiro atoms. The molecule has 3 aromatic rings. The summed E-state index contributed by atoms with van der Waals surface area (Å²) in [5, 5.41) is 11.7. The standard InChI is InChI=1S/C27H29N5O4S/c1-5-35-26(34)24-16(2)29-27(37)30-25(24)19-11-7-9-13-22(19)36-15-23(33)31-28-14-20-17(3)32(4)21-12-8-6-10-18(20)21/h6-14,25H,5,15H2,1-4H3,(H,31,33)(H2,29,30,37)/t25-/m1/s1. The molecule has 0 unspecified atom stereocenters. The van der Waals surface area contributed by atoms with Gasteiger partial charge in [-0.1, -0.05) is 36.4 Å². The normalized spacial score (nSPS) is 15.5. The fourth-order valence-corrected chi connectivity index (χ4v) is 4.59. The third kappa shape index (κ3) is 5.49. The van der Waals surface area contributed by atoms with Gasteiger partial charge in [-0.2, -0.15) is 5.10 Å². The Kier molecular flexibility index (Phi) is 7.88. The van der Waals surface area contributed by atoms with Crippen molar-refractivity contribution >= 4 is 46.3 Å². The van der Waals surface area contributed by atoms with Crippen molar-refractivity contribution in [2.45, 2.75) is 26.8 Å². The molecule has 1 amide bonds. The number of para-hydroxylation sites is 2. The minimum atomic E-state index is -0.598. The third-order valence-corrected chi connectivity index (χ3v) is 6.40. The first-order valence-electron chi connectivity index (χ1n) is 11.8. The molecule has 0 fully saturated rings. The van der Waals surface area contributed by atoms with Crippen molar-refractivity contribution in [1.82, 2.24) is 20.6 Å². The zero-order valence-corrected chi connectivity index (χ0v) is 21.9. The lowest BCUT2D eigenvalue weighted by Crippen LogP contribution is -2.45. The maximum atomic E-state index is 12.7. The van der Waals surface area contributed by atoms with Crippen LogP contribution in [0.5, 0.6) is 5.75 Å². The summed E-state index contributed by atoms with van der Waals surface area (Å²) in [6.45, 7) is 5.49. The van der Waals surface area contributed by atoms with Crippen molar-refractivity contribution in [3.05, 3.63) is 76.6 Å². The minimum Gasteiger partial charge on any atom is -0.483 e. The molecule has 1 aliphatic heterocycles. The van der Waals surface area contributed by atoms with Gasteiger partial charge in [0.1, 0.15) is 5.75 Å². The quantitative estimate of drug-likeness (QED) is 0.181. The van der Waals surface area contributed by atoms with Crippen LogP contribution in [0.25, 0.3) is 10.9 Å². The average molecular weight is 520 g/mol. The zero-order chi connectivity index (χ0) is 26.5. The Balaban J connectivity index is 1.47. The fourth-order valence-electron chi connectivity index (χ4n) is 4.31. The highest BCUT2D eigenvalue weighted by Gasteiger charge is 2.32. The van der Waals surface area contributed by atoms with Gasteiger partial charge in [-0.3, -0.25) is 4.79 Å². The van der Waals surface area contributed by atoms with Crippen LogP contribution in [-0.4, -0.2) is 41.0 Å². The van der Waals surface area contributed by atoms with E-state index in [2.05, 4.69) is 25.7 Å². The number of nitrogens with one attached hydrogen (secondary N) is 3. The lowest BCUT2D eigenvalue weighted by Gasteiger charge is -2.30. The molecule has 1 aromatic heterocycles. The number of rotatable bonds is 8. The van der Waals surface area contributed by atoms with Gasteiger partial charge in [0, 0.05) is 40.5 Å². The molecule has 37 heavy (non-hydrogen) atoms. The van der Waals surface area contributed by atoms with Crippen LogP contribution < -0.4 is 20.8 Å². The first-order chi connectivity index (χ1) is 17.8. The molecule has 192 valence electrons. The number of ether oxygens (including phenoxy) is 2. The molecule has 0 saturated heterocycles. The van der Waals surface area contributed by atoms with E-state index in [4.69, 9.17) is 21.7 Å². The van der Waals surface area contributed by atoms with Crippen LogP contribution in [0.15, 0.2) is 64.9 Å². The van der Waals surface area contributed by atoms with Gasteiger partial charge in [-0.25, -0.2) is 10.2 Å². The molecule has 0 radical (unpaired) electrons. The Bertz CT molecular complexity index is 1430. The van der Waals surface area contributed by atoms with E-state index in [0.29, 0.717) is 27.7 Å². The monoisotopic (exact) mass is 519 g/mol. The highest BCUT2D eigenvalue weighted by atomic mass is 32.1. The van der Waals surface area contributed by atoms with Crippen LogP contribution in [0.1, 0.15) is 36.7 Å². The minimum absolute atomic E-state index is 0.240. The topological polar surface area (TPSA) is 106 Å². The van der Waals surface area contributed by atoms with Crippen LogP contribution in [0.4, 0.5) is 0 Å². The number of allylic oxidation sites excluding steroid dienone is 1. The van der Waals surface area contributed by atoms with Crippen molar-refractivity contribution in [3.63, 3.8) is 0 Å². The molecule has 4 rings (SSSR count). The number of fused-ring (bicyclic) bond motifs is 1. The van der Waals surface area contributed by atoms with E-state index < -0.39 is 17.9 Å². The van der Waals surface area contributed by atoms with E-state index in [1.165, 1.54) is 0 Å². The summed E-state index contributed by atoms with van der Waals surface area (Å²) in [5.74, 6) is -0.448. The van der Waals surface area contributed by atoms with E-state index in [9.17, 15) is 9.59 Å². The maximum absolute atomic E-state index is 12.7. The van der Waals surface area contributed by atoms with Crippen LogP contribution in [0.3, 0.4) is 0 Å². The SMILES string of the molecule is CCOC(=O)C1=C(C)NC(=S)N[C@@H]1c1ccccc1OCC(=O)NN=Cc1c(C)n(C)c2ccccc12. The summed E-state index contributed by atoms with van der Waals surface area (Å²) in [7, 11) is 1.99. The molecule has 2 heterocycles. The molecule has 3 N–H and O–H groups in total. The second-order valence-electron chi connectivity index (χ2n) is 8.49. The second-order valence-corrected chi connectivity index (χ2v) is 8.89. The average Bonchev–Trinajstić information content (AvgIpc) is 3.12. The molecule has 9 nitrogen and oxygen atoms in total. The van der Waals surface area contributed by atoms with Gasteiger partial charge in [0.05, 0.1) is 24.4 Å². The highest BCUT2D eigenvalue weighted by molar-refractivity contribution is 7.80. The smallest absolute Gasteiger partial charge is 0.338 e. The number of hydrazone groups is 1. The molecule has 10 heteroatoms. The fraction of sp³-hybridized carbons (Fsp3) is 0.259. The van der Waals surface area contributed by atoms with Crippen LogP contribution >= 0.6 is 12.2 Å². The molecule has 0 aliphatic carbocycles. The van der Waals surface area contributed by atoms with E-state index >= 15 is 0 Å². The predicted octanol–water partition coefficient (Wildman–Crippen LogP) is 3.37. The van der Waals surface area contributed by atoms with Crippen molar-refractivity contribution in [2.75, 3.05) is 13.2 Å². The molecule has 1 atom stereocenters. The maximum Gasteiger partial charge on any atom is 0.338 e. The van der Waals surface area contributed by atoms with Gasteiger partial charge < -0.3 is 24.7 Å². The molecule has 2 aromatic carbocycles. The molecular weight excluding hydrogens is 490 g/mol. The summed E-state index contributed by atoms with van der Waals surface area (Å²) < 4.78 is 13.2. The van der Waals surface area contributed by atoms with Crippen LogP contribution in [-0.2, 0) is 21.4 Å². The number of nitrogens with zero attached hydrogens (tertiary/aromatic N) is 2. The number of thiocarbonyl (C=S) groups is 1. The summed E-state index contributed by atoms with van der Waals surface area (Å²) in [6.07, 6.45) is 1.64. The van der Waals surface area contributed by atoms with E-state index in [1.807, 2.05) is 50.4 Å². The summed E-state index contributed by atoms with van der Waals surface area (Å²) >= 11 is 5.31. The largest absolute Gasteiger partial charge is 0.483 e. The molecular formula is C27H29N5O4S. The number of amides is 1. The van der Waals surface area contributed by atoms with Crippen LogP contribution in [0, 0.1) is 6.92 Å². The van der Waals surface area contributed by atoms with Gasteiger partial charge in [-0.15, -0.1) is 0 Å². The van der Waals surface area contributed by atoms with Gasteiger partial charge in [0.15, 0.2) is 11.7 Å². The summed E-state index contributed by atoms with van der Waals surface area (Å²) in [5.41, 5.74) is 7.23. The van der Waals surface area contributed by atoms with Gasteiger partial charge in [-0.05, 0) is 45.1 Å². The lowest BCUT2D eigenvalue weighted by molar-refractivity contribution is -0.139. The van der Waals surface area contributed by atoms with E-state index in [0.717, 1.165) is 22.2 Å². The Morgan fingerprint density at radius 2 is 1.89 bits per heavy atom. The number of benzene rings is 2. The number of aromatic nitrogens is 1. The first kappa shape index (κ1) is 25.9. The highest BCUT2D eigenvalue weighted by Crippen LogP contribution is 2.33. The summed E-state index contributed by atoms with van der Waals surface area (Å²) in [4.78, 5) is 25.2. The summed E-state index contributed by atoms with van der Waals surface area (Å²) in [6, 6.07) is 14.6. The Morgan fingerprint density at radius 1 is 1.16 bits per heavy atom. The Labute approximate surface area is 220 Å². The Hall–Kier alpha value is -4.18. The first-order valence-corrected chi connectivity index (χ1v) is 12.3. The van der Waals surface area contributed by atoms with E-state index in [-0.39, 0.29) is 13.2 Å². The number of carbonyl (C=O) groups excluding carboxylic acids is 2. The zero-order valence-electron chi connectivity index (χ0n) is 21.1. The number of hydrogen-bond acceptors (Lipinski definition) is 6.